The summed E-state index contributed by atoms with van der Waals surface area (Å²) < 4.78 is 0. The second kappa shape index (κ2) is 5.01. The minimum absolute atomic E-state index is 0.282. The Morgan fingerprint density at radius 1 is 1.10 bits per heavy atom. The lowest BCUT2D eigenvalue weighted by atomic mass is 9.90. The summed E-state index contributed by atoms with van der Waals surface area (Å²) in [5, 5.41) is 2.40. The van der Waals surface area contributed by atoms with Gasteiger partial charge in [-0.2, -0.15) is 0 Å². The van der Waals surface area contributed by atoms with E-state index in [1.165, 1.54) is 4.90 Å². The van der Waals surface area contributed by atoms with E-state index in [0.29, 0.717) is 0 Å². The molecule has 0 bridgehead atoms. The molecule has 3 rings (SSSR count). The quantitative estimate of drug-likeness (QED) is 0.876. The lowest BCUT2D eigenvalue weighted by Crippen LogP contribution is -2.44. The second-order valence-electron chi connectivity index (χ2n) is 5.10. The summed E-state index contributed by atoms with van der Waals surface area (Å²) in [6.45, 7) is 2.04. The molecule has 1 aliphatic rings. The van der Waals surface area contributed by atoms with Crippen LogP contribution in [-0.2, 0) is 16.9 Å². The van der Waals surface area contributed by atoms with Crippen LogP contribution in [0.3, 0.4) is 0 Å². The van der Waals surface area contributed by atoms with Crippen LogP contribution in [0, 0.1) is 0 Å². The van der Waals surface area contributed by atoms with Gasteiger partial charge in [-0.25, -0.2) is 4.79 Å². The van der Waals surface area contributed by atoms with Crippen molar-refractivity contribution in [3.8, 4) is 0 Å². The van der Waals surface area contributed by atoms with Gasteiger partial charge in [0.2, 0.25) is 0 Å². The van der Waals surface area contributed by atoms with Crippen molar-refractivity contribution in [2.24, 2.45) is 0 Å². The zero-order valence-electron chi connectivity index (χ0n) is 11.6. The molecule has 1 aromatic heterocycles. The van der Waals surface area contributed by atoms with Crippen LogP contribution >= 0.6 is 0 Å². The summed E-state index contributed by atoms with van der Waals surface area (Å²) in [4.78, 5) is 30.2. The molecule has 1 aromatic carbocycles. The van der Waals surface area contributed by atoms with Crippen molar-refractivity contribution in [3.63, 3.8) is 0 Å². The smallest absolute Gasteiger partial charge is 0.300 e. The van der Waals surface area contributed by atoms with E-state index in [1.807, 2.05) is 48.5 Å². The highest BCUT2D eigenvalue weighted by atomic mass is 16.2. The Morgan fingerprint density at radius 2 is 1.81 bits per heavy atom. The molecule has 106 valence electrons. The Morgan fingerprint density at radius 3 is 2.48 bits per heavy atom. The second-order valence-corrected chi connectivity index (χ2v) is 5.10. The average molecular weight is 281 g/mol. The van der Waals surface area contributed by atoms with Crippen molar-refractivity contribution >= 4 is 11.9 Å². The van der Waals surface area contributed by atoms with Gasteiger partial charge >= 0.3 is 6.03 Å². The molecule has 2 heterocycles. The average Bonchev–Trinajstić information content (AvgIpc) is 2.74. The molecule has 5 heteroatoms. The summed E-state index contributed by atoms with van der Waals surface area (Å²) in [5.74, 6) is -0.311. The van der Waals surface area contributed by atoms with E-state index >= 15 is 0 Å². The molecule has 21 heavy (non-hydrogen) atoms. The Labute approximate surface area is 122 Å². The van der Waals surface area contributed by atoms with Gasteiger partial charge in [0.1, 0.15) is 5.54 Å². The number of hydrogen-bond donors (Lipinski definition) is 1. The Kier molecular flexibility index (Phi) is 3.17. The standard InChI is InChI=1S/C16H15N3O2/c1-16(12-7-3-2-4-8-12)14(20)18-15(21)19(16)11-13-9-5-6-10-17-13/h2-10H,11H2,1H3,(H,18,20,21). The number of carbonyl (C=O) groups is 2. The molecule has 1 aliphatic heterocycles. The normalized spacial score (nSPS) is 21.5. The van der Waals surface area contributed by atoms with Gasteiger partial charge in [-0.15, -0.1) is 0 Å². The van der Waals surface area contributed by atoms with Crippen LogP contribution in [0.4, 0.5) is 4.79 Å². The number of hydrogen-bond acceptors (Lipinski definition) is 3. The van der Waals surface area contributed by atoms with Gasteiger partial charge in [-0.3, -0.25) is 20.0 Å². The Balaban J connectivity index is 2.00. The summed E-state index contributed by atoms with van der Waals surface area (Å²) >= 11 is 0. The van der Waals surface area contributed by atoms with Crippen molar-refractivity contribution < 1.29 is 9.59 Å². The minimum atomic E-state index is -1.02. The number of imide groups is 1. The van der Waals surface area contributed by atoms with Crippen LogP contribution in [0.1, 0.15) is 18.2 Å². The first-order chi connectivity index (χ1) is 10.1. The monoisotopic (exact) mass is 281 g/mol. The van der Waals surface area contributed by atoms with E-state index in [2.05, 4.69) is 10.3 Å². The largest absolute Gasteiger partial charge is 0.325 e. The highest BCUT2D eigenvalue weighted by Crippen LogP contribution is 2.33. The first-order valence-corrected chi connectivity index (χ1v) is 6.71. The first-order valence-electron chi connectivity index (χ1n) is 6.71. The molecule has 5 nitrogen and oxygen atoms in total. The van der Waals surface area contributed by atoms with Crippen LogP contribution in [0.25, 0.3) is 0 Å². The number of benzene rings is 1. The number of nitrogens with zero attached hydrogens (tertiary/aromatic N) is 2. The zero-order chi connectivity index (χ0) is 14.9. The van der Waals surface area contributed by atoms with Gasteiger partial charge in [0.05, 0.1) is 12.2 Å². The lowest BCUT2D eigenvalue weighted by Gasteiger charge is -2.32. The number of rotatable bonds is 3. The molecule has 1 saturated heterocycles. The number of aromatic nitrogens is 1. The van der Waals surface area contributed by atoms with Gasteiger partial charge in [0.15, 0.2) is 0 Å². The third kappa shape index (κ3) is 2.16. The van der Waals surface area contributed by atoms with Gasteiger partial charge in [0.25, 0.3) is 5.91 Å². The predicted octanol–water partition coefficient (Wildman–Crippen LogP) is 2.05. The molecule has 1 atom stereocenters. The molecule has 1 unspecified atom stereocenters. The van der Waals surface area contributed by atoms with E-state index in [-0.39, 0.29) is 12.5 Å². The van der Waals surface area contributed by atoms with Gasteiger partial charge in [0, 0.05) is 6.20 Å². The van der Waals surface area contributed by atoms with E-state index in [0.717, 1.165) is 11.3 Å². The summed E-state index contributed by atoms with van der Waals surface area (Å²) in [5.41, 5.74) is 0.504. The molecule has 2 aromatic rings. The van der Waals surface area contributed by atoms with Crippen LogP contribution < -0.4 is 5.32 Å². The highest BCUT2D eigenvalue weighted by molar-refractivity contribution is 6.07. The summed E-state index contributed by atoms with van der Waals surface area (Å²) in [6.07, 6.45) is 1.67. The van der Waals surface area contributed by atoms with E-state index in [4.69, 9.17) is 0 Å². The van der Waals surface area contributed by atoms with E-state index in [9.17, 15) is 9.59 Å². The zero-order valence-corrected chi connectivity index (χ0v) is 11.6. The molecule has 0 radical (unpaired) electrons. The van der Waals surface area contributed by atoms with Crippen molar-refractivity contribution in [2.45, 2.75) is 19.0 Å². The fourth-order valence-corrected chi connectivity index (χ4v) is 2.55. The minimum Gasteiger partial charge on any atom is -0.300 e. The number of pyridine rings is 1. The van der Waals surface area contributed by atoms with E-state index < -0.39 is 11.6 Å². The summed E-state index contributed by atoms with van der Waals surface area (Å²) in [6, 6.07) is 14.4. The Bertz CT molecular complexity index is 672. The van der Waals surface area contributed by atoms with Crippen molar-refractivity contribution in [1.29, 1.82) is 0 Å². The van der Waals surface area contributed by atoms with Crippen LogP contribution in [0.5, 0.6) is 0 Å². The molecule has 1 N–H and O–H groups in total. The fraction of sp³-hybridized carbons (Fsp3) is 0.188. The molecular weight excluding hydrogens is 266 g/mol. The maximum Gasteiger partial charge on any atom is 0.325 e. The molecule has 3 amide bonds. The third-order valence-electron chi connectivity index (χ3n) is 3.83. The SMILES string of the molecule is CC1(c2ccccc2)C(=O)NC(=O)N1Cc1ccccn1. The Hall–Kier alpha value is -2.69. The number of carbonyl (C=O) groups excluding carboxylic acids is 2. The first kappa shape index (κ1) is 13.3. The lowest BCUT2D eigenvalue weighted by molar-refractivity contribution is -0.126. The molecule has 1 fully saturated rings. The molecule has 0 aliphatic carbocycles. The maximum atomic E-state index is 12.3. The third-order valence-corrected chi connectivity index (χ3v) is 3.83. The van der Waals surface area contributed by atoms with Crippen LogP contribution in [0.2, 0.25) is 0 Å². The van der Waals surface area contributed by atoms with Crippen LogP contribution in [-0.4, -0.2) is 21.8 Å². The van der Waals surface area contributed by atoms with Gasteiger partial charge < -0.3 is 0 Å². The molecular formula is C16H15N3O2. The van der Waals surface area contributed by atoms with Gasteiger partial charge in [-0.05, 0) is 24.6 Å². The van der Waals surface area contributed by atoms with Gasteiger partial charge in [-0.1, -0.05) is 36.4 Å². The number of amides is 3. The number of urea groups is 1. The molecule has 0 spiro atoms. The van der Waals surface area contributed by atoms with Crippen molar-refractivity contribution in [2.75, 3.05) is 0 Å². The molecule has 0 saturated carbocycles. The predicted molar refractivity (Wildman–Crippen MR) is 77.1 cm³/mol. The van der Waals surface area contributed by atoms with E-state index in [1.54, 1.807) is 13.1 Å². The highest BCUT2D eigenvalue weighted by Gasteiger charge is 2.50. The summed E-state index contributed by atoms with van der Waals surface area (Å²) in [7, 11) is 0. The van der Waals surface area contributed by atoms with Crippen LogP contribution in [0.15, 0.2) is 54.7 Å². The maximum absolute atomic E-state index is 12.3. The van der Waals surface area contributed by atoms with Crippen molar-refractivity contribution in [3.05, 3.63) is 66.0 Å². The fourth-order valence-electron chi connectivity index (χ4n) is 2.55. The van der Waals surface area contributed by atoms with Crippen molar-refractivity contribution in [1.82, 2.24) is 15.2 Å². The topological polar surface area (TPSA) is 62.3 Å². The number of nitrogens with one attached hydrogen (secondary N) is 1.